The number of amides is 1. The van der Waals surface area contributed by atoms with E-state index in [4.69, 9.17) is 23.2 Å². The number of benzene rings is 1. The Kier molecular flexibility index (Phi) is 5.90. The van der Waals surface area contributed by atoms with Crippen LogP contribution in [0.5, 0.6) is 0 Å². The Morgan fingerprint density at radius 2 is 1.93 bits per heavy atom. The van der Waals surface area contributed by atoms with Crippen molar-refractivity contribution in [3.8, 4) is 0 Å². The first-order valence-electron chi connectivity index (χ1n) is 10.3. The van der Waals surface area contributed by atoms with Gasteiger partial charge in [0.2, 0.25) is 5.91 Å². The quantitative estimate of drug-likeness (QED) is 0.788. The summed E-state index contributed by atoms with van der Waals surface area (Å²) in [6.07, 6.45) is 3.38. The highest BCUT2D eigenvalue weighted by Gasteiger charge is 2.48. The minimum absolute atomic E-state index is 0.105. The van der Waals surface area contributed by atoms with Gasteiger partial charge in [0, 0.05) is 44.1 Å². The molecule has 3 saturated heterocycles. The number of halogens is 3. The highest BCUT2D eigenvalue weighted by Crippen LogP contribution is 2.42. The number of nitrogens with one attached hydrogen (secondary N) is 1. The zero-order valence-electron chi connectivity index (χ0n) is 16.3. The predicted octanol–water partition coefficient (Wildman–Crippen LogP) is 4.00. The molecule has 1 N–H and O–H groups in total. The number of hydrogen-bond acceptors (Lipinski definition) is 3. The first-order valence-corrected chi connectivity index (χ1v) is 11.0. The third kappa shape index (κ3) is 3.67. The second-order valence-corrected chi connectivity index (χ2v) is 9.27. The lowest BCUT2D eigenvalue weighted by atomic mass is 9.68. The van der Waals surface area contributed by atoms with E-state index in [1.165, 1.54) is 0 Å². The van der Waals surface area contributed by atoms with Gasteiger partial charge in [-0.05, 0) is 50.3 Å². The fourth-order valence-corrected chi connectivity index (χ4v) is 5.44. The van der Waals surface area contributed by atoms with Crippen molar-refractivity contribution < 1.29 is 9.18 Å². The van der Waals surface area contributed by atoms with Crippen LogP contribution in [0.15, 0.2) is 18.2 Å². The van der Waals surface area contributed by atoms with Crippen LogP contribution >= 0.6 is 23.2 Å². The third-order valence-electron chi connectivity index (χ3n) is 7.10. The van der Waals surface area contributed by atoms with Gasteiger partial charge in [0.05, 0.1) is 16.2 Å². The lowest BCUT2D eigenvalue weighted by molar-refractivity contribution is -0.126. The van der Waals surface area contributed by atoms with E-state index in [0.717, 1.165) is 38.0 Å². The maximum atomic E-state index is 13.6. The molecule has 3 aliphatic rings. The van der Waals surface area contributed by atoms with Gasteiger partial charge in [0.25, 0.3) is 0 Å². The van der Waals surface area contributed by atoms with Crippen LogP contribution < -0.4 is 5.32 Å². The van der Waals surface area contributed by atoms with Crippen molar-refractivity contribution in [1.82, 2.24) is 15.1 Å². The van der Waals surface area contributed by atoms with Gasteiger partial charge < -0.3 is 5.32 Å². The minimum atomic E-state index is -0.654. The van der Waals surface area contributed by atoms with Crippen LogP contribution in [-0.2, 0) is 10.2 Å². The zero-order valence-corrected chi connectivity index (χ0v) is 17.8. The molecule has 3 atom stereocenters. The molecule has 3 fully saturated rings. The van der Waals surface area contributed by atoms with Crippen LogP contribution in [-0.4, -0.2) is 60.3 Å². The minimum Gasteiger partial charge on any atom is -0.355 e. The third-order valence-corrected chi connectivity index (χ3v) is 7.84. The molecule has 3 aliphatic heterocycles. The summed E-state index contributed by atoms with van der Waals surface area (Å²) >= 11 is 12.5. The fraction of sp³-hybridized carbons (Fsp3) is 0.667. The Morgan fingerprint density at radius 3 is 2.50 bits per heavy atom. The normalized spacial score (nSPS) is 31.3. The topological polar surface area (TPSA) is 35.6 Å². The first-order chi connectivity index (χ1) is 13.4. The van der Waals surface area contributed by atoms with Gasteiger partial charge in [-0.25, -0.2) is 4.39 Å². The molecule has 0 bridgehead atoms. The predicted molar refractivity (Wildman–Crippen MR) is 111 cm³/mol. The average Bonchev–Trinajstić information content (AvgIpc) is 2.66. The van der Waals surface area contributed by atoms with Crippen molar-refractivity contribution in [1.29, 1.82) is 0 Å². The van der Waals surface area contributed by atoms with Crippen molar-refractivity contribution >= 4 is 29.1 Å². The summed E-state index contributed by atoms with van der Waals surface area (Å²) in [6, 6.07) is 6.09. The molecule has 7 heteroatoms. The van der Waals surface area contributed by atoms with Gasteiger partial charge >= 0.3 is 0 Å². The molecular formula is C21H28Cl2FN3O. The van der Waals surface area contributed by atoms with Gasteiger partial charge in [-0.2, -0.15) is 0 Å². The van der Waals surface area contributed by atoms with E-state index in [9.17, 15) is 9.18 Å². The molecule has 1 amide bonds. The van der Waals surface area contributed by atoms with Crippen molar-refractivity contribution in [3.63, 3.8) is 0 Å². The molecule has 4 rings (SSSR count). The average molecular weight is 428 g/mol. The summed E-state index contributed by atoms with van der Waals surface area (Å²) in [5.41, 5.74) is 0.918. The number of likely N-dealkylation sites (tertiary alicyclic amines) is 2. The number of hydrogen-bond donors (Lipinski definition) is 1. The van der Waals surface area contributed by atoms with Crippen LogP contribution in [0.1, 0.15) is 44.6 Å². The molecule has 4 nitrogen and oxygen atoms in total. The molecule has 3 heterocycles. The summed E-state index contributed by atoms with van der Waals surface area (Å²) in [5.74, 6) is 0.105. The Morgan fingerprint density at radius 1 is 1.18 bits per heavy atom. The van der Waals surface area contributed by atoms with E-state index < -0.39 is 6.17 Å². The summed E-state index contributed by atoms with van der Waals surface area (Å²) in [6.45, 7) is 5.53. The van der Waals surface area contributed by atoms with Crippen LogP contribution in [0.3, 0.4) is 0 Å². The Bertz CT molecular complexity index is 728. The highest BCUT2D eigenvalue weighted by molar-refractivity contribution is 6.42. The van der Waals surface area contributed by atoms with E-state index in [2.05, 4.69) is 22.0 Å². The molecule has 1 aromatic carbocycles. The first kappa shape index (κ1) is 20.4. The van der Waals surface area contributed by atoms with Gasteiger partial charge in [0.1, 0.15) is 6.17 Å². The maximum Gasteiger partial charge on any atom is 0.220 e. The zero-order chi connectivity index (χ0) is 19.9. The molecule has 0 aliphatic carbocycles. The Balaban J connectivity index is 1.59. The van der Waals surface area contributed by atoms with E-state index in [1.807, 2.05) is 18.2 Å². The standard InChI is InChI=1S/C21H28Cl2FN3O/c1-14(27-11-7-20(27)26-9-5-16(24)6-10-26)21(8-4-19(28)25-13-21)15-2-3-17(22)18(23)12-15/h2-3,12,14,16,20H,4-11,13H2,1H3,(H,25,28). The van der Waals surface area contributed by atoms with Crippen LogP contribution in [0.4, 0.5) is 4.39 Å². The van der Waals surface area contributed by atoms with E-state index >= 15 is 0 Å². The number of nitrogens with zero attached hydrogens (tertiary/aromatic N) is 2. The number of alkyl halides is 1. The highest BCUT2D eigenvalue weighted by atomic mass is 35.5. The largest absolute Gasteiger partial charge is 0.355 e. The van der Waals surface area contributed by atoms with Gasteiger partial charge in [-0.3, -0.25) is 14.6 Å². The Labute approximate surface area is 176 Å². The molecule has 1 aromatic rings. The molecule has 0 radical (unpaired) electrons. The summed E-state index contributed by atoms with van der Waals surface area (Å²) in [5, 5.41) is 4.18. The van der Waals surface area contributed by atoms with Crippen molar-refractivity contribution in [3.05, 3.63) is 33.8 Å². The molecule has 0 aromatic heterocycles. The van der Waals surface area contributed by atoms with Gasteiger partial charge in [-0.15, -0.1) is 0 Å². The van der Waals surface area contributed by atoms with Crippen molar-refractivity contribution in [2.75, 3.05) is 26.2 Å². The van der Waals surface area contributed by atoms with Crippen LogP contribution in [0.25, 0.3) is 0 Å². The second-order valence-electron chi connectivity index (χ2n) is 8.46. The van der Waals surface area contributed by atoms with Crippen LogP contribution in [0.2, 0.25) is 10.0 Å². The fourth-order valence-electron chi connectivity index (χ4n) is 5.14. The SMILES string of the molecule is CC(N1CCC1N1CCC(F)CC1)C1(c2ccc(Cl)c(Cl)c2)CCC(=O)NC1. The van der Waals surface area contributed by atoms with E-state index in [-0.39, 0.29) is 17.4 Å². The monoisotopic (exact) mass is 427 g/mol. The lowest BCUT2D eigenvalue weighted by Crippen LogP contribution is -2.67. The summed E-state index contributed by atoms with van der Waals surface area (Å²) in [4.78, 5) is 16.9. The number of rotatable bonds is 4. The summed E-state index contributed by atoms with van der Waals surface area (Å²) in [7, 11) is 0. The van der Waals surface area contributed by atoms with Crippen molar-refractivity contribution in [2.45, 2.75) is 62.8 Å². The number of carbonyl (C=O) groups excluding carboxylic acids is 1. The molecular weight excluding hydrogens is 400 g/mol. The molecule has 3 unspecified atom stereocenters. The maximum absolute atomic E-state index is 13.6. The molecule has 0 saturated carbocycles. The molecule has 0 spiro atoms. The van der Waals surface area contributed by atoms with Crippen LogP contribution in [0, 0.1) is 0 Å². The van der Waals surface area contributed by atoms with Crippen molar-refractivity contribution in [2.24, 2.45) is 0 Å². The van der Waals surface area contributed by atoms with E-state index in [0.29, 0.717) is 42.0 Å². The molecule has 154 valence electrons. The Hall–Kier alpha value is -0.880. The summed E-state index contributed by atoms with van der Waals surface area (Å²) < 4.78 is 13.6. The molecule has 28 heavy (non-hydrogen) atoms. The number of carbonyl (C=O) groups is 1. The van der Waals surface area contributed by atoms with Gasteiger partial charge in [0.15, 0.2) is 0 Å². The second kappa shape index (κ2) is 8.10. The lowest BCUT2D eigenvalue weighted by Gasteiger charge is -2.57. The van der Waals surface area contributed by atoms with Gasteiger partial charge in [-0.1, -0.05) is 29.3 Å². The number of piperidine rings is 2. The smallest absolute Gasteiger partial charge is 0.220 e. The van der Waals surface area contributed by atoms with E-state index in [1.54, 1.807) is 0 Å².